The Hall–Kier alpha value is -2.61. The van der Waals surface area contributed by atoms with Gasteiger partial charge in [-0.15, -0.1) is 0 Å². The van der Waals surface area contributed by atoms with E-state index < -0.39 is 0 Å². The maximum atomic E-state index is 11.8. The average molecular weight is 250 g/mol. The minimum atomic E-state index is -0.0280. The molecule has 0 saturated heterocycles. The molecule has 1 aromatic carbocycles. The van der Waals surface area contributed by atoms with Gasteiger partial charge in [0.2, 0.25) is 0 Å². The summed E-state index contributed by atoms with van der Waals surface area (Å²) in [7, 11) is 0. The standard InChI is InChI=1S/C17H14O2/c1-2-14-9-11-15(12-10-14)17(18)8-4-3-6-16-7-5-13-19-16/h2-13H,1H2. The molecule has 0 unspecified atom stereocenters. The normalized spacial score (nSPS) is 11.2. The third-order valence-corrected chi connectivity index (χ3v) is 2.59. The lowest BCUT2D eigenvalue weighted by atomic mass is 10.1. The van der Waals surface area contributed by atoms with Gasteiger partial charge in [-0.25, -0.2) is 0 Å². The molecule has 2 nitrogen and oxygen atoms in total. The van der Waals surface area contributed by atoms with Crippen LogP contribution in [0.2, 0.25) is 0 Å². The molecule has 0 N–H and O–H groups in total. The molecule has 1 aromatic heterocycles. The van der Waals surface area contributed by atoms with Crippen molar-refractivity contribution in [3.63, 3.8) is 0 Å². The van der Waals surface area contributed by atoms with E-state index in [0.29, 0.717) is 5.56 Å². The van der Waals surface area contributed by atoms with E-state index in [-0.39, 0.29) is 5.78 Å². The van der Waals surface area contributed by atoms with Crippen LogP contribution in [0.3, 0.4) is 0 Å². The van der Waals surface area contributed by atoms with Crippen molar-refractivity contribution in [1.82, 2.24) is 0 Å². The van der Waals surface area contributed by atoms with E-state index in [0.717, 1.165) is 11.3 Å². The first-order valence-corrected chi connectivity index (χ1v) is 5.94. The zero-order chi connectivity index (χ0) is 13.5. The summed E-state index contributed by atoms with van der Waals surface area (Å²) in [5, 5.41) is 0. The molecule has 94 valence electrons. The lowest BCUT2D eigenvalue weighted by Crippen LogP contribution is -1.93. The molecule has 2 aromatic rings. The first-order chi connectivity index (χ1) is 9.29. The van der Waals surface area contributed by atoms with Crippen LogP contribution in [0.15, 0.2) is 71.9 Å². The van der Waals surface area contributed by atoms with Gasteiger partial charge in [0.25, 0.3) is 0 Å². The molecule has 0 radical (unpaired) electrons. The smallest absolute Gasteiger partial charge is 0.185 e. The number of carbonyl (C=O) groups is 1. The van der Waals surface area contributed by atoms with Gasteiger partial charge in [-0.1, -0.05) is 49.1 Å². The highest BCUT2D eigenvalue weighted by Gasteiger charge is 1.99. The summed E-state index contributed by atoms with van der Waals surface area (Å²) in [4.78, 5) is 11.8. The summed E-state index contributed by atoms with van der Waals surface area (Å²) in [5.41, 5.74) is 1.66. The third kappa shape index (κ3) is 3.68. The molecule has 2 heteroatoms. The van der Waals surface area contributed by atoms with Gasteiger partial charge in [0.15, 0.2) is 5.78 Å². The van der Waals surface area contributed by atoms with Crippen LogP contribution in [-0.2, 0) is 0 Å². The van der Waals surface area contributed by atoms with Crippen LogP contribution in [0.25, 0.3) is 12.2 Å². The molecule has 0 fully saturated rings. The van der Waals surface area contributed by atoms with Crippen LogP contribution in [0.5, 0.6) is 0 Å². The Balaban J connectivity index is 1.98. The molecule has 0 aliphatic heterocycles. The maximum Gasteiger partial charge on any atom is 0.185 e. The molecule has 0 amide bonds. The fraction of sp³-hybridized carbons (Fsp3) is 0. The monoisotopic (exact) mass is 250 g/mol. The Bertz CT molecular complexity index is 599. The Morgan fingerprint density at radius 3 is 2.53 bits per heavy atom. The first-order valence-electron chi connectivity index (χ1n) is 5.94. The van der Waals surface area contributed by atoms with Crippen LogP contribution in [0.1, 0.15) is 21.7 Å². The van der Waals surface area contributed by atoms with Gasteiger partial charge in [-0.2, -0.15) is 0 Å². The van der Waals surface area contributed by atoms with Gasteiger partial charge in [0.1, 0.15) is 5.76 Å². The lowest BCUT2D eigenvalue weighted by Gasteiger charge is -1.96. The largest absolute Gasteiger partial charge is 0.465 e. The number of hydrogen-bond acceptors (Lipinski definition) is 2. The van der Waals surface area contributed by atoms with E-state index in [9.17, 15) is 4.79 Å². The number of ketones is 1. The van der Waals surface area contributed by atoms with Crippen molar-refractivity contribution in [2.24, 2.45) is 0 Å². The van der Waals surface area contributed by atoms with E-state index in [2.05, 4.69) is 6.58 Å². The van der Waals surface area contributed by atoms with Crippen molar-refractivity contribution < 1.29 is 9.21 Å². The molecule has 0 spiro atoms. The highest BCUT2D eigenvalue weighted by Crippen LogP contribution is 2.07. The van der Waals surface area contributed by atoms with Crippen molar-refractivity contribution >= 4 is 17.9 Å². The zero-order valence-electron chi connectivity index (χ0n) is 10.5. The van der Waals surface area contributed by atoms with Gasteiger partial charge < -0.3 is 4.42 Å². The van der Waals surface area contributed by atoms with Crippen LogP contribution < -0.4 is 0 Å². The van der Waals surface area contributed by atoms with Crippen molar-refractivity contribution in [2.45, 2.75) is 0 Å². The molecule has 0 aliphatic rings. The number of allylic oxidation sites excluding steroid dienone is 3. The topological polar surface area (TPSA) is 30.2 Å². The predicted octanol–water partition coefficient (Wildman–Crippen LogP) is 4.37. The van der Waals surface area contributed by atoms with Gasteiger partial charge in [0, 0.05) is 5.56 Å². The third-order valence-electron chi connectivity index (χ3n) is 2.59. The summed E-state index contributed by atoms with van der Waals surface area (Å²) in [6.45, 7) is 3.67. The average Bonchev–Trinajstić information content (AvgIpc) is 2.96. The van der Waals surface area contributed by atoms with Crippen molar-refractivity contribution in [3.05, 3.63) is 84.4 Å². The second-order valence-electron chi connectivity index (χ2n) is 3.92. The SMILES string of the molecule is C=Cc1ccc(C(=O)C=CC=Cc2ccco2)cc1. The molecule has 0 saturated carbocycles. The van der Waals surface area contributed by atoms with E-state index in [4.69, 9.17) is 4.42 Å². The van der Waals surface area contributed by atoms with Crippen molar-refractivity contribution in [3.8, 4) is 0 Å². The zero-order valence-corrected chi connectivity index (χ0v) is 10.5. The lowest BCUT2D eigenvalue weighted by molar-refractivity contribution is 0.104. The van der Waals surface area contributed by atoms with E-state index in [1.807, 2.05) is 24.3 Å². The summed E-state index contributed by atoms with van der Waals surface area (Å²) in [5.74, 6) is 0.729. The minimum absolute atomic E-state index is 0.0280. The van der Waals surface area contributed by atoms with Crippen molar-refractivity contribution in [1.29, 1.82) is 0 Å². The molecule has 1 heterocycles. The van der Waals surface area contributed by atoms with Gasteiger partial charge in [0.05, 0.1) is 6.26 Å². The van der Waals surface area contributed by atoms with E-state index in [1.54, 1.807) is 42.7 Å². The Kier molecular flexibility index (Phi) is 4.29. The molecular formula is C17H14O2. The molecule has 0 atom stereocenters. The van der Waals surface area contributed by atoms with Crippen LogP contribution in [0, 0.1) is 0 Å². The molecule has 0 bridgehead atoms. The summed E-state index contributed by atoms with van der Waals surface area (Å²) in [6, 6.07) is 11.0. The van der Waals surface area contributed by atoms with Crippen LogP contribution in [-0.4, -0.2) is 5.78 Å². The first kappa shape index (κ1) is 12.8. The van der Waals surface area contributed by atoms with E-state index >= 15 is 0 Å². The second-order valence-corrected chi connectivity index (χ2v) is 3.92. The molecule has 2 rings (SSSR count). The number of furan rings is 1. The van der Waals surface area contributed by atoms with Gasteiger partial charge in [-0.3, -0.25) is 4.79 Å². The fourth-order valence-corrected chi connectivity index (χ4v) is 1.56. The van der Waals surface area contributed by atoms with Gasteiger partial charge in [-0.05, 0) is 29.8 Å². The number of carbonyl (C=O) groups excluding carboxylic acids is 1. The number of rotatable bonds is 5. The quantitative estimate of drug-likeness (QED) is 0.448. The molecular weight excluding hydrogens is 236 g/mol. The van der Waals surface area contributed by atoms with Crippen molar-refractivity contribution in [2.75, 3.05) is 0 Å². The number of benzene rings is 1. The predicted molar refractivity (Wildman–Crippen MR) is 77.7 cm³/mol. The van der Waals surface area contributed by atoms with Crippen LogP contribution >= 0.6 is 0 Å². The summed E-state index contributed by atoms with van der Waals surface area (Å²) in [6.07, 6.45) is 10.2. The highest BCUT2D eigenvalue weighted by molar-refractivity contribution is 6.04. The maximum absolute atomic E-state index is 11.8. The summed E-state index contributed by atoms with van der Waals surface area (Å²) >= 11 is 0. The Labute approximate surface area is 112 Å². The Morgan fingerprint density at radius 1 is 1.11 bits per heavy atom. The minimum Gasteiger partial charge on any atom is -0.465 e. The molecule has 19 heavy (non-hydrogen) atoms. The van der Waals surface area contributed by atoms with E-state index in [1.165, 1.54) is 6.08 Å². The highest BCUT2D eigenvalue weighted by atomic mass is 16.3. The molecule has 0 aliphatic carbocycles. The van der Waals surface area contributed by atoms with Crippen LogP contribution in [0.4, 0.5) is 0 Å². The second kappa shape index (κ2) is 6.36. The Morgan fingerprint density at radius 2 is 1.89 bits per heavy atom. The van der Waals surface area contributed by atoms with Gasteiger partial charge >= 0.3 is 0 Å². The number of hydrogen-bond donors (Lipinski definition) is 0. The summed E-state index contributed by atoms with van der Waals surface area (Å²) < 4.78 is 5.14. The fourth-order valence-electron chi connectivity index (χ4n) is 1.56.